The minimum atomic E-state index is -0.177. The summed E-state index contributed by atoms with van der Waals surface area (Å²) >= 11 is 9.37. The fourth-order valence-electron chi connectivity index (χ4n) is 1.95. The van der Waals surface area contributed by atoms with Gasteiger partial charge in [-0.15, -0.1) is 11.6 Å². The van der Waals surface area contributed by atoms with Gasteiger partial charge in [-0.1, -0.05) is 46.3 Å². The summed E-state index contributed by atoms with van der Waals surface area (Å²) in [5, 5.41) is 0. The number of hydrogen-bond acceptors (Lipinski definition) is 0. The van der Waals surface area contributed by atoms with Gasteiger partial charge in [0.25, 0.3) is 0 Å². The zero-order valence-electron chi connectivity index (χ0n) is 9.74. The van der Waals surface area contributed by atoms with Crippen molar-refractivity contribution in [1.82, 2.24) is 0 Å². The first-order chi connectivity index (χ1) is 8.70. The minimum Gasteiger partial charge on any atom is -0.207 e. The predicted molar refractivity (Wildman–Crippen MR) is 77.7 cm³/mol. The zero-order chi connectivity index (χ0) is 13.0. The maximum atomic E-state index is 13.7. The third-order valence-electron chi connectivity index (χ3n) is 2.93. The van der Waals surface area contributed by atoms with Crippen molar-refractivity contribution in [1.29, 1.82) is 0 Å². The van der Waals surface area contributed by atoms with Crippen LogP contribution in [-0.2, 0) is 6.42 Å². The second kappa shape index (κ2) is 6.35. The molecule has 0 saturated heterocycles. The van der Waals surface area contributed by atoms with Crippen molar-refractivity contribution in [3.05, 3.63) is 69.9 Å². The third kappa shape index (κ3) is 3.33. The van der Waals surface area contributed by atoms with Crippen LogP contribution in [0.1, 0.15) is 17.0 Å². The maximum Gasteiger partial charge on any atom is 0.126 e. The lowest BCUT2D eigenvalue weighted by atomic mass is 9.93. The van der Waals surface area contributed by atoms with E-state index in [1.165, 1.54) is 6.07 Å². The summed E-state index contributed by atoms with van der Waals surface area (Å²) in [6, 6.07) is 15.0. The Kier molecular flexibility index (Phi) is 4.79. The largest absolute Gasteiger partial charge is 0.207 e. The molecule has 3 heteroatoms. The third-order valence-corrected chi connectivity index (χ3v) is 3.80. The standard InChI is InChI=1S/C15H13BrClF/c16-14-6-7-15(18)12(9-14)8-13(10-17)11-4-2-1-3-5-11/h1-7,9,13H,8,10H2. The van der Waals surface area contributed by atoms with Gasteiger partial charge in [-0.05, 0) is 35.7 Å². The highest BCUT2D eigenvalue weighted by Gasteiger charge is 2.13. The van der Waals surface area contributed by atoms with E-state index in [9.17, 15) is 4.39 Å². The van der Waals surface area contributed by atoms with Crippen molar-refractivity contribution >= 4 is 27.5 Å². The van der Waals surface area contributed by atoms with E-state index in [2.05, 4.69) is 15.9 Å². The van der Waals surface area contributed by atoms with Gasteiger partial charge in [-0.2, -0.15) is 0 Å². The number of halogens is 3. The molecule has 0 fully saturated rings. The predicted octanol–water partition coefficient (Wildman–Crippen LogP) is 5.15. The van der Waals surface area contributed by atoms with E-state index in [-0.39, 0.29) is 11.7 Å². The van der Waals surface area contributed by atoms with E-state index in [1.807, 2.05) is 36.4 Å². The van der Waals surface area contributed by atoms with Crippen LogP contribution in [0, 0.1) is 5.82 Å². The average molecular weight is 328 g/mol. The highest BCUT2D eigenvalue weighted by molar-refractivity contribution is 9.10. The molecule has 0 N–H and O–H groups in total. The second-order valence-electron chi connectivity index (χ2n) is 4.20. The van der Waals surface area contributed by atoms with Crippen LogP contribution in [0.3, 0.4) is 0 Å². The molecule has 0 radical (unpaired) electrons. The van der Waals surface area contributed by atoms with E-state index in [0.29, 0.717) is 17.9 Å². The summed E-state index contributed by atoms with van der Waals surface area (Å²) in [5.41, 5.74) is 1.84. The Morgan fingerprint density at radius 3 is 2.50 bits per heavy atom. The second-order valence-corrected chi connectivity index (χ2v) is 5.43. The Balaban J connectivity index is 2.23. The van der Waals surface area contributed by atoms with Gasteiger partial charge in [-0.25, -0.2) is 4.39 Å². The summed E-state index contributed by atoms with van der Waals surface area (Å²) in [7, 11) is 0. The molecule has 1 atom stereocenters. The molecule has 2 rings (SSSR count). The number of alkyl halides is 1. The van der Waals surface area contributed by atoms with Gasteiger partial charge in [-0.3, -0.25) is 0 Å². The number of benzene rings is 2. The smallest absolute Gasteiger partial charge is 0.126 e. The van der Waals surface area contributed by atoms with Gasteiger partial charge in [0.1, 0.15) is 5.82 Å². The Morgan fingerprint density at radius 1 is 1.11 bits per heavy atom. The highest BCUT2D eigenvalue weighted by atomic mass is 79.9. The van der Waals surface area contributed by atoms with Crippen LogP contribution < -0.4 is 0 Å². The molecule has 2 aromatic carbocycles. The van der Waals surface area contributed by atoms with Crippen LogP contribution in [0.4, 0.5) is 4.39 Å². The molecule has 0 aliphatic rings. The SMILES string of the molecule is Fc1ccc(Br)cc1CC(CCl)c1ccccc1. The van der Waals surface area contributed by atoms with Gasteiger partial charge < -0.3 is 0 Å². The highest BCUT2D eigenvalue weighted by Crippen LogP contribution is 2.25. The van der Waals surface area contributed by atoms with Crippen molar-refractivity contribution in [2.24, 2.45) is 0 Å². The molecule has 0 bridgehead atoms. The van der Waals surface area contributed by atoms with E-state index < -0.39 is 0 Å². The lowest BCUT2D eigenvalue weighted by Gasteiger charge is -2.15. The molecule has 0 spiro atoms. The van der Waals surface area contributed by atoms with Crippen molar-refractivity contribution in [2.45, 2.75) is 12.3 Å². The first kappa shape index (κ1) is 13.6. The fourth-order valence-corrected chi connectivity index (χ4v) is 2.65. The lowest BCUT2D eigenvalue weighted by molar-refractivity contribution is 0.598. The van der Waals surface area contributed by atoms with E-state index in [4.69, 9.17) is 11.6 Å². The van der Waals surface area contributed by atoms with Gasteiger partial charge >= 0.3 is 0 Å². The monoisotopic (exact) mass is 326 g/mol. The summed E-state index contributed by atoms with van der Waals surface area (Å²) in [4.78, 5) is 0. The van der Waals surface area contributed by atoms with Gasteiger partial charge in [0, 0.05) is 16.3 Å². The summed E-state index contributed by atoms with van der Waals surface area (Å²) in [6.07, 6.45) is 0.610. The Morgan fingerprint density at radius 2 is 1.83 bits per heavy atom. The zero-order valence-corrected chi connectivity index (χ0v) is 12.1. The van der Waals surface area contributed by atoms with Gasteiger partial charge in [0.2, 0.25) is 0 Å². The van der Waals surface area contributed by atoms with Crippen LogP contribution in [-0.4, -0.2) is 5.88 Å². The molecule has 94 valence electrons. The van der Waals surface area contributed by atoms with Crippen molar-refractivity contribution < 1.29 is 4.39 Å². The van der Waals surface area contributed by atoms with Crippen LogP contribution in [0.25, 0.3) is 0 Å². The quantitative estimate of drug-likeness (QED) is 0.681. The Labute approximate surface area is 120 Å². The summed E-state index contributed by atoms with van der Waals surface area (Å²) in [5.74, 6) is 0.441. The average Bonchev–Trinajstić information content (AvgIpc) is 2.41. The van der Waals surface area contributed by atoms with E-state index in [0.717, 1.165) is 10.0 Å². The molecule has 2 aromatic rings. The Bertz CT molecular complexity index is 513. The minimum absolute atomic E-state index is 0.136. The van der Waals surface area contributed by atoms with Crippen molar-refractivity contribution in [3.8, 4) is 0 Å². The topological polar surface area (TPSA) is 0 Å². The maximum absolute atomic E-state index is 13.7. The molecular formula is C15H13BrClF. The molecule has 0 nitrogen and oxygen atoms in total. The lowest BCUT2D eigenvalue weighted by Crippen LogP contribution is -2.06. The van der Waals surface area contributed by atoms with Crippen LogP contribution in [0.2, 0.25) is 0 Å². The number of rotatable bonds is 4. The first-order valence-electron chi connectivity index (χ1n) is 5.75. The van der Waals surface area contributed by atoms with Gasteiger partial charge in [0.15, 0.2) is 0 Å². The van der Waals surface area contributed by atoms with Crippen LogP contribution in [0.15, 0.2) is 53.0 Å². The molecule has 1 unspecified atom stereocenters. The van der Waals surface area contributed by atoms with Crippen LogP contribution in [0.5, 0.6) is 0 Å². The summed E-state index contributed by atoms with van der Waals surface area (Å²) < 4.78 is 14.6. The molecule has 0 amide bonds. The van der Waals surface area contributed by atoms with Crippen LogP contribution >= 0.6 is 27.5 Å². The fraction of sp³-hybridized carbons (Fsp3) is 0.200. The normalized spacial score (nSPS) is 12.4. The molecule has 18 heavy (non-hydrogen) atoms. The van der Waals surface area contributed by atoms with E-state index in [1.54, 1.807) is 6.07 Å². The van der Waals surface area contributed by atoms with E-state index >= 15 is 0 Å². The van der Waals surface area contributed by atoms with Crippen molar-refractivity contribution in [3.63, 3.8) is 0 Å². The molecule has 0 saturated carbocycles. The molecule has 0 aromatic heterocycles. The molecule has 0 aliphatic heterocycles. The molecule has 0 aliphatic carbocycles. The Hall–Kier alpha value is -0.860. The van der Waals surface area contributed by atoms with Gasteiger partial charge in [0.05, 0.1) is 0 Å². The first-order valence-corrected chi connectivity index (χ1v) is 7.08. The summed E-state index contributed by atoms with van der Waals surface area (Å²) in [6.45, 7) is 0. The van der Waals surface area contributed by atoms with Crippen molar-refractivity contribution in [2.75, 3.05) is 5.88 Å². The molecular weight excluding hydrogens is 315 g/mol. The molecule has 0 heterocycles. The number of hydrogen-bond donors (Lipinski definition) is 0.